The Morgan fingerprint density at radius 1 is 1.42 bits per heavy atom. The SMILES string of the molecule is CCNC(CCCc1cccs1)c1nccn1CC. The highest BCUT2D eigenvalue weighted by molar-refractivity contribution is 7.09. The van der Waals surface area contributed by atoms with Crippen molar-refractivity contribution in [2.75, 3.05) is 6.54 Å². The summed E-state index contributed by atoms with van der Waals surface area (Å²) in [4.78, 5) is 6.01. The fourth-order valence-electron chi connectivity index (χ4n) is 2.40. The van der Waals surface area contributed by atoms with Crippen LogP contribution in [0.25, 0.3) is 0 Å². The minimum absolute atomic E-state index is 0.375. The molecule has 104 valence electrons. The summed E-state index contributed by atoms with van der Waals surface area (Å²) in [5.41, 5.74) is 0. The van der Waals surface area contributed by atoms with Gasteiger partial charge in [0.15, 0.2) is 0 Å². The standard InChI is InChI=1S/C15H23N3S/c1-3-16-14(15-17-10-11-18(15)4-2)9-5-7-13-8-6-12-19-13/h6,8,10-12,14,16H,3-5,7,9H2,1-2H3. The largest absolute Gasteiger partial charge is 0.334 e. The van der Waals surface area contributed by atoms with Crippen LogP contribution in [0, 0.1) is 0 Å². The van der Waals surface area contributed by atoms with E-state index in [1.54, 1.807) is 0 Å². The lowest BCUT2D eigenvalue weighted by atomic mass is 10.1. The second kappa shape index (κ2) is 7.46. The molecule has 0 amide bonds. The van der Waals surface area contributed by atoms with Crippen LogP contribution in [-0.2, 0) is 13.0 Å². The minimum Gasteiger partial charge on any atom is -0.334 e. The van der Waals surface area contributed by atoms with Gasteiger partial charge in [-0.2, -0.15) is 0 Å². The third-order valence-corrected chi connectivity index (χ3v) is 4.28. The molecule has 0 aliphatic rings. The zero-order valence-corrected chi connectivity index (χ0v) is 12.6. The van der Waals surface area contributed by atoms with Gasteiger partial charge in [0, 0.05) is 23.8 Å². The first-order valence-corrected chi connectivity index (χ1v) is 7.99. The van der Waals surface area contributed by atoms with Gasteiger partial charge in [-0.1, -0.05) is 13.0 Å². The molecule has 4 heteroatoms. The van der Waals surface area contributed by atoms with Crippen LogP contribution >= 0.6 is 11.3 Å². The molecule has 0 aliphatic carbocycles. The highest BCUT2D eigenvalue weighted by Gasteiger charge is 2.15. The first-order valence-electron chi connectivity index (χ1n) is 7.12. The summed E-state index contributed by atoms with van der Waals surface area (Å²) in [6, 6.07) is 4.73. The number of nitrogens with one attached hydrogen (secondary N) is 1. The number of aromatic nitrogens is 2. The van der Waals surface area contributed by atoms with Gasteiger partial charge in [-0.3, -0.25) is 0 Å². The van der Waals surface area contributed by atoms with Crippen molar-refractivity contribution < 1.29 is 0 Å². The molecule has 1 atom stereocenters. The average molecular weight is 277 g/mol. The predicted molar refractivity (Wildman–Crippen MR) is 81.6 cm³/mol. The van der Waals surface area contributed by atoms with E-state index in [1.165, 1.54) is 23.5 Å². The topological polar surface area (TPSA) is 29.9 Å². The maximum Gasteiger partial charge on any atom is 0.125 e. The van der Waals surface area contributed by atoms with Crippen LogP contribution < -0.4 is 5.32 Å². The zero-order chi connectivity index (χ0) is 13.5. The van der Waals surface area contributed by atoms with Gasteiger partial charge in [-0.05, 0) is 44.2 Å². The van der Waals surface area contributed by atoms with Gasteiger partial charge in [-0.25, -0.2) is 4.98 Å². The molecule has 1 N–H and O–H groups in total. The van der Waals surface area contributed by atoms with Gasteiger partial charge in [-0.15, -0.1) is 11.3 Å². The van der Waals surface area contributed by atoms with Gasteiger partial charge in [0.2, 0.25) is 0 Å². The van der Waals surface area contributed by atoms with E-state index < -0.39 is 0 Å². The molecule has 2 heterocycles. The molecule has 0 saturated carbocycles. The number of hydrogen-bond donors (Lipinski definition) is 1. The lowest BCUT2D eigenvalue weighted by Crippen LogP contribution is -2.24. The molecule has 19 heavy (non-hydrogen) atoms. The molecule has 2 rings (SSSR count). The Labute approximate surface area is 119 Å². The van der Waals surface area contributed by atoms with Crippen molar-refractivity contribution in [2.45, 2.75) is 45.7 Å². The third kappa shape index (κ3) is 3.91. The Bertz CT molecular complexity index is 461. The Morgan fingerprint density at radius 2 is 2.32 bits per heavy atom. The number of hydrogen-bond acceptors (Lipinski definition) is 3. The molecule has 0 fully saturated rings. The molecule has 0 radical (unpaired) electrons. The second-order valence-electron chi connectivity index (χ2n) is 4.65. The fourth-order valence-corrected chi connectivity index (χ4v) is 3.15. The molecular formula is C15H23N3S. The van der Waals surface area contributed by atoms with Crippen molar-refractivity contribution >= 4 is 11.3 Å². The number of aryl methyl sites for hydroxylation is 2. The van der Waals surface area contributed by atoms with Crippen LogP contribution in [0.5, 0.6) is 0 Å². The van der Waals surface area contributed by atoms with Crippen LogP contribution in [-0.4, -0.2) is 16.1 Å². The van der Waals surface area contributed by atoms with Crippen molar-refractivity contribution in [2.24, 2.45) is 0 Å². The van der Waals surface area contributed by atoms with Crippen LogP contribution in [0.15, 0.2) is 29.9 Å². The molecular weight excluding hydrogens is 254 g/mol. The van der Waals surface area contributed by atoms with E-state index in [2.05, 4.69) is 52.4 Å². The summed E-state index contributed by atoms with van der Waals surface area (Å²) in [6.07, 6.45) is 7.49. The molecule has 2 aromatic heterocycles. The molecule has 0 saturated heterocycles. The molecule has 0 bridgehead atoms. The molecule has 0 aromatic carbocycles. The van der Waals surface area contributed by atoms with E-state index in [9.17, 15) is 0 Å². The van der Waals surface area contributed by atoms with Crippen LogP contribution in [0.3, 0.4) is 0 Å². The van der Waals surface area contributed by atoms with E-state index in [0.717, 1.165) is 19.5 Å². The summed E-state index contributed by atoms with van der Waals surface area (Å²) in [5, 5.41) is 5.71. The van der Waals surface area contributed by atoms with Gasteiger partial charge in [0.05, 0.1) is 6.04 Å². The van der Waals surface area contributed by atoms with Gasteiger partial charge in [0.25, 0.3) is 0 Å². The summed E-state index contributed by atoms with van der Waals surface area (Å²) in [5.74, 6) is 1.18. The molecule has 0 spiro atoms. The Kier molecular flexibility index (Phi) is 5.61. The van der Waals surface area contributed by atoms with Crippen molar-refractivity contribution in [3.63, 3.8) is 0 Å². The second-order valence-corrected chi connectivity index (χ2v) is 5.69. The predicted octanol–water partition coefficient (Wildman–Crippen LogP) is 3.64. The fraction of sp³-hybridized carbons (Fsp3) is 0.533. The highest BCUT2D eigenvalue weighted by Crippen LogP contribution is 2.20. The van der Waals surface area contributed by atoms with Crippen molar-refractivity contribution in [1.82, 2.24) is 14.9 Å². The summed E-state index contributed by atoms with van der Waals surface area (Å²) in [6.45, 7) is 6.30. The molecule has 1 unspecified atom stereocenters. The van der Waals surface area contributed by atoms with Gasteiger partial charge < -0.3 is 9.88 Å². The monoisotopic (exact) mass is 277 g/mol. The highest BCUT2D eigenvalue weighted by atomic mass is 32.1. The van der Waals surface area contributed by atoms with Gasteiger partial charge in [0.1, 0.15) is 5.82 Å². The lowest BCUT2D eigenvalue weighted by Gasteiger charge is -2.18. The first kappa shape index (κ1) is 14.3. The van der Waals surface area contributed by atoms with Crippen molar-refractivity contribution in [1.29, 1.82) is 0 Å². The maximum absolute atomic E-state index is 4.52. The smallest absolute Gasteiger partial charge is 0.125 e. The molecule has 2 aromatic rings. The quantitative estimate of drug-likeness (QED) is 0.798. The lowest BCUT2D eigenvalue weighted by molar-refractivity contribution is 0.457. The van der Waals surface area contributed by atoms with Crippen molar-refractivity contribution in [3.05, 3.63) is 40.6 Å². The summed E-state index contributed by atoms with van der Waals surface area (Å²) >= 11 is 1.85. The number of imidazole rings is 1. The zero-order valence-electron chi connectivity index (χ0n) is 11.8. The van der Waals surface area contributed by atoms with Crippen molar-refractivity contribution in [3.8, 4) is 0 Å². The van der Waals surface area contributed by atoms with Crippen LogP contribution in [0.1, 0.15) is 43.4 Å². The van der Waals surface area contributed by atoms with Crippen LogP contribution in [0.4, 0.5) is 0 Å². The van der Waals surface area contributed by atoms with E-state index in [-0.39, 0.29) is 0 Å². The number of nitrogens with zero attached hydrogens (tertiary/aromatic N) is 2. The third-order valence-electron chi connectivity index (χ3n) is 3.35. The van der Waals surface area contributed by atoms with E-state index in [1.807, 2.05) is 17.5 Å². The van der Waals surface area contributed by atoms with E-state index >= 15 is 0 Å². The van der Waals surface area contributed by atoms with Gasteiger partial charge >= 0.3 is 0 Å². The number of rotatable bonds is 8. The Balaban J connectivity index is 1.92. The summed E-state index contributed by atoms with van der Waals surface area (Å²) < 4.78 is 2.23. The molecule has 0 aliphatic heterocycles. The first-order chi connectivity index (χ1) is 9.35. The Hall–Kier alpha value is -1.13. The Morgan fingerprint density at radius 3 is 3.00 bits per heavy atom. The molecule has 3 nitrogen and oxygen atoms in total. The number of thiophene rings is 1. The average Bonchev–Trinajstić information content (AvgIpc) is 3.08. The van der Waals surface area contributed by atoms with Crippen LogP contribution in [0.2, 0.25) is 0 Å². The van der Waals surface area contributed by atoms with E-state index in [0.29, 0.717) is 6.04 Å². The summed E-state index contributed by atoms with van der Waals surface area (Å²) in [7, 11) is 0. The minimum atomic E-state index is 0.375. The normalized spacial score (nSPS) is 12.7. The van der Waals surface area contributed by atoms with E-state index in [4.69, 9.17) is 0 Å². The maximum atomic E-state index is 4.52.